The maximum atomic E-state index is 11.2. The molecule has 0 aliphatic heterocycles. The van der Waals surface area contributed by atoms with Crippen LogP contribution < -0.4 is 56.5 Å². The van der Waals surface area contributed by atoms with Gasteiger partial charge in [0.15, 0.2) is 0 Å². The van der Waals surface area contributed by atoms with Gasteiger partial charge in [-0.1, -0.05) is 51.2 Å². The van der Waals surface area contributed by atoms with Crippen molar-refractivity contribution in [1.29, 1.82) is 0 Å². The SMILES string of the molecule is CCCCCCCC/C=C/C([O-])=NCCS(=O)(=O)O.[K+]. The summed E-state index contributed by atoms with van der Waals surface area (Å²) < 4.78 is 29.2. The number of unbranched alkanes of at least 4 members (excludes halogenated alkanes) is 6. The maximum absolute atomic E-state index is 11.2. The van der Waals surface area contributed by atoms with E-state index in [0.717, 1.165) is 12.8 Å². The molecule has 0 unspecified atom stereocenters. The Morgan fingerprint density at radius 3 is 2.40 bits per heavy atom. The van der Waals surface area contributed by atoms with Crippen LogP contribution in [0.4, 0.5) is 0 Å². The van der Waals surface area contributed by atoms with Gasteiger partial charge in [-0.3, -0.25) is 9.55 Å². The van der Waals surface area contributed by atoms with E-state index in [1.165, 1.54) is 38.2 Å². The summed E-state index contributed by atoms with van der Waals surface area (Å²) in [7, 11) is -4.03. The minimum atomic E-state index is -4.03. The molecule has 0 rings (SSSR count). The summed E-state index contributed by atoms with van der Waals surface area (Å²) in [4.78, 5) is 3.50. The third-order valence-corrected chi connectivity index (χ3v) is 3.30. The first-order chi connectivity index (χ1) is 8.95. The largest absolute Gasteiger partial charge is 1.00 e. The van der Waals surface area contributed by atoms with Crippen LogP contribution in [0.15, 0.2) is 17.1 Å². The third-order valence-electron chi connectivity index (χ3n) is 2.60. The van der Waals surface area contributed by atoms with E-state index in [9.17, 15) is 13.5 Å². The van der Waals surface area contributed by atoms with Crippen molar-refractivity contribution in [2.24, 2.45) is 4.99 Å². The molecule has 0 heterocycles. The van der Waals surface area contributed by atoms with Crippen molar-refractivity contribution < 1.29 is 69.5 Å². The Morgan fingerprint density at radius 2 is 1.80 bits per heavy atom. The Morgan fingerprint density at radius 1 is 1.20 bits per heavy atom. The van der Waals surface area contributed by atoms with Gasteiger partial charge in [0.1, 0.15) is 0 Å². The second-order valence-corrected chi connectivity index (χ2v) is 6.04. The van der Waals surface area contributed by atoms with E-state index in [2.05, 4.69) is 11.9 Å². The van der Waals surface area contributed by atoms with Gasteiger partial charge in [-0.2, -0.15) is 8.42 Å². The molecule has 1 N–H and O–H groups in total. The van der Waals surface area contributed by atoms with E-state index < -0.39 is 21.8 Å². The van der Waals surface area contributed by atoms with Gasteiger partial charge in [-0.25, -0.2) is 0 Å². The quantitative estimate of drug-likeness (QED) is 0.172. The second-order valence-electron chi connectivity index (χ2n) is 4.46. The van der Waals surface area contributed by atoms with Crippen molar-refractivity contribution in [2.45, 2.75) is 51.9 Å². The fraction of sp³-hybridized carbons (Fsp3) is 0.769. The van der Waals surface area contributed by atoms with Crippen LogP contribution in [0, 0.1) is 0 Å². The molecule has 5 nitrogen and oxygen atoms in total. The van der Waals surface area contributed by atoms with Gasteiger partial charge in [-0.15, -0.1) is 0 Å². The van der Waals surface area contributed by atoms with Crippen molar-refractivity contribution in [1.82, 2.24) is 0 Å². The predicted octanol–water partition coefficient (Wildman–Crippen LogP) is -1.06. The first-order valence-electron chi connectivity index (χ1n) is 6.79. The van der Waals surface area contributed by atoms with Crippen LogP contribution in [0.3, 0.4) is 0 Å². The summed E-state index contributed by atoms with van der Waals surface area (Å²) >= 11 is 0. The van der Waals surface area contributed by atoms with E-state index in [1.807, 2.05) is 0 Å². The molecule has 0 fully saturated rings. The minimum Gasteiger partial charge on any atom is -0.859 e. The summed E-state index contributed by atoms with van der Waals surface area (Å²) in [6.45, 7) is 1.99. The number of nitrogens with zero attached hydrogens (tertiary/aromatic N) is 1. The van der Waals surface area contributed by atoms with Gasteiger partial charge in [0.25, 0.3) is 10.1 Å². The second kappa shape index (κ2) is 14.7. The van der Waals surface area contributed by atoms with E-state index in [1.54, 1.807) is 6.08 Å². The summed E-state index contributed by atoms with van der Waals surface area (Å²) in [6.07, 6.45) is 11.2. The molecule has 0 bridgehead atoms. The normalized spacial score (nSPS) is 12.6. The number of allylic oxidation sites excluding steroid dienone is 1. The predicted molar refractivity (Wildman–Crippen MR) is 75.9 cm³/mol. The molecule has 0 aromatic carbocycles. The Balaban J connectivity index is 0. The van der Waals surface area contributed by atoms with Gasteiger partial charge in [0.2, 0.25) is 0 Å². The smallest absolute Gasteiger partial charge is 0.859 e. The molecule has 0 atom stereocenters. The number of hydrogen-bond acceptors (Lipinski definition) is 4. The zero-order valence-corrected chi connectivity index (χ0v) is 16.5. The van der Waals surface area contributed by atoms with Crippen LogP contribution in [-0.4, -0.2) is 31.2 Å². The fourth-order valence-electron chi connectivity index (χ4n) is 1.55. The van der Waals surface area contributed by atoms with E-state index in [4.69, 9.17) is 4.55 Å². The zero-order chi connectivity index (χ0) is 14.6. The molecule has 0 aromatic heterocycles. The maximum Gasteiger partial charge on any atom is 1.00 e. The molecule has 112 valence electrons. The average molecular weight is 330 g/mol. The molecule has 7 heteroatoms. The van der Waals surface area contributed by atoms with Crippen LogP contribution in [0.1, 0.15) is 51.9 Å². The first-order valence-corrected chi connectivity index (χ1v) is 8.40. The molecule has 0 spiro atoms. The number of rotatable bonds is 11. The number of hydrogen-bond donors (Lipinski definition) is 1. The summed E-state index contributed by atoms with van der Waals surface area (Å²) in [6, 6.07) is 0. The first kappa shape index (κ1) is 23.0. The molecule has 0 aliphatic rings. The summed E-state index contributed by atoms with van der Waals surface area (Å²) in [5.74, 6) is -0.959. The third kappa shape index (κ3) is 18.8. The Bertz CT molecular complexity index is 380. The Kier molecular flexibility index (Phi) is 16.9. The van der Waals surface area contributed by atoms with Crippen molar-refractivity contribution in [2.75, 3.05) is 12.3 Å². The molecule has 0 amide bonds. The van der Waals surface area contributed by atoms with E-state index in [-0.39, 0.29) is 57.9 Å². The van der Waals surface area contributed by atoms with Gasteiger partial charge in [0, 0.05) is 0 Å². The van der Waals surface area contributed by atoms with Crippen LogP contribution in [0.25, 0.3) is 0 Å². The van der Waals surface area contributed by atoms with Gasteiger partial charge in [-0.05, 0) is 18.7 Å². The van der Waals surface area contributed by atoms with Crippen LogP contribution in [0.2, 0.25) is 0 Å². The van der Waals surface area contributed by atoms with Crippen molar-refractivity contribution >= 4 is 16.0 Å². The standard InChI is InChI=1S/C13H25NO4S.K/c1-2-3-4-5-6-7-8-9-10-13(15)14-11-12-19(16,17)18;/h9-10H,2-8,11-12H2,1H3,(H,14,15)(H,16,17,18);/q;+1/p-1/b10-9+;. The van der Waals surface area contributed by atoms with Gasteiger partial charge < -0.3 is 5.11 Å². The molecule has 0 radical (unpaired) electrons. The van der Waals surface area contributed by atoms with E-state index >= 15 is 0 Å². The molecule has 0 aliphatic carbocycles. The fourth-order valence-corrected chi connectivity index (χ4v) is 1.87. The van der Waals surface area contributed by atoms with Gasteiger partial charge >= 0.3 is 51.4 Å². The van der Waals surface area contributed by atoms with E-state index in [0.29, 0.717) is 0 Å². The molecule has 20 heavy (non-hydrogen) atoms. The minimum absolute atomic E-state index is 0. The molecule has 0 aromatic rings. The Hall–Kier alpha value is 0.756. The monoisotopic (exact) mass is 329 g/mol. The van der Waals surface area contributed by atoms with Crippen LogP contribution in [0.5, 0.6) is 0 Å². The van der Waals surface area contributed by atoms with Crippen molar-refractivity contribution in [3.05, 3.63) is 12.2 Å². The number of aliphatic imine (C=N–C) groups is 1. The summed E-state index contributed by atoms with van der Waals surface area (Å²) in [5.41, 5.74) is 0. The zero-order valence-electron chi connectivity index (χ0n) is 12.5. The van der Waals surface area contributed by atoms with Gasteiger partial charge in [0.05, 0.1) is 12.3 Å². The van der Waals surface area contributed by atoms with Crippen molar-refractivity contribution in [3.8, 4) is 0 Å². The molecular weight excluding hydrogens is 305 g/mol. The molecular formula is C13H24KNO4S. The van der Waals surface area contributed by atoms with Crippen molar-refractivity contribution in [3.63, 3.8) is 0 Å². The average Bonchev–Trinajstić information content (AvgIpc) is 2.31. The van der Waals surface area contributed by atoms with Crippen LogP contribution >= 0.6 is 0 Å². The molecule has 0 saturated carbocycles. The Labute approximate surface area is 165 Å². The van der Waals surface area contributed by atoms with Crippen LogP contribution in [-0.2, 0) is 10.1 Å². The topological polar surface area (TPSA) is 89.8 Å². The molecule has 0 saturated heterocycles. The summed E-state index contributed by atoms with van der Waals surface area (Å²) in [5, 5.41) is 11.2.